The quantitative estimate of drug-likeness (QED) is 0.589. The van der Waals surface area contributed by atoms with Gasteiger partial charge in [0.05, 0.1) is 5.56 Å². The molecule has 0 N–H and O–H groups in total. The molecule has 0 aliphatic heterocycles. The van der Waals surface area contributed by atoms with Gasteiger partial charge in [-0.1, -0.05) is 12.1 Å². The average molecular weight is 251 g/mol. The van der Waals surface area contributed by atoms with Crippen LogP contribution in [0.1, 0.15) is 27.9 Å². The van der Waals surface area contributed by atoms with Crippen LogP contribution in [0.15, 0.2) is 18.2 Å². The van der Waals surface area contributed by atoms with E-state index >= 15 is 0 Å². The monoisotopic (exact) mass is 250 g/mol. The van der Waals surface area contributed by atoms with Crippen LogP contribution >= 0.6 is 11.6 Å². The Morgan fingerprint density at radius 2 is 2.00 bits per heavy atom. The zero-order chi connectivity index (χ0) is 12.3. The number of hydrogen-bond acceptors (Lipinski definition) is 1. The highest BCUT2D eigenvalue weighted by Crippen LogP contribution is 2.33. The fourth-order valence-corrected chi connectivity index (χ4v) is 1.64. The molecule has 0 aliphatic carbocycles. The summed E-state index contributed by atoms with van der Waals surface area (Å²) >= 11 is 5.39. The molecule has 1 aromatic carbocycles. The van der Waals surface area contributed by atoms with Gasteiger partial charge in [-0.3, -0.25) is 4.79 Å². The Labute approximate surface area is 96.2 Å². The van der Waals surface area contributed by atoms with E-state index in [1.807, 2.05) is 0 Å². The number of benzene rings is 1. The van der Waals surface area contributed by atoms with Crippen LogP contribution in [0.5, 0.6) is 0 Å². The molecule has 0 fully saturated rings. The highest BCUT2D eigenvalue weighted by atomic mass is 35.5. The second kappa shape index (κ2) is 4.87. The topological polar surface area (TPSA) is 17.1 Å². The van der Waals surface area contributed by atoms with Crippen LogP contribution < -0.4 is 0 Å². The summed E-state index contributed by atoms with van der Waals surface area (Å²) in [5.41, 5.74) is -0.714. The van der Waals surface area contributed by atoms with Gasteiger partial charge in [0.15, 0.2) is 5.78 Å². The Hall–Kier alpha value is -1.03. The highest BCUT2D eigenvalue weighted by Gasteiger charge is 2.33. The molecule has 1 nitrogen and oxygen atoms in total. The molecular weight excluding hydrogens is 241 g/mol. The first kappa shape index (κ1) is 13.0. The highest BCUT2D eigenvalue weighted by molar-refractivity contribution is 6.19. The summed E-state index contributed by atoms with van der Waals surface area (Å²) < 4.78 is 37.6. The Kier molecular flexibility index (Phi) is 3.97. The molecule has 0 radical (unpaired) electrons. The molecule has 0 saturated heterocycles. The van der Waals surface area contributed by atoms with E-state index in [1.165, 1.54) is 19.1 Å². The van der Waals surface area contributed by atoms with Gasteiger partial charge in [0, 0.05) is 17.9 Å². The van der Waals surface area contributed by atoms with Gasteiger partial charge in [0.2, 0.25) is 0 Å². The summed E-state index contributed by atoms with van der Waals surface area (Å²) in [6.07, 6.45) is -4.38. The van der Waals surface area contributed by atoms with Gasteiger partial charge < -0.3 is 0 Å². The number of carbonyl (C=O) groups excluding carboxylic acids is 1. The average Bonchev–Trinajstić information content (AvgIpc) is 2.16. The summed E-state index contributed by atoms with van der Waals surface area (Å²) in [7, 11) is 0. The van der Waals surface area contributed by atoms with Gasteiger partial charge in [-0.15, -0.1) is 11.6 Å². The maximum atomic E-state index is 12.5. The van der Waals surface area contributed by atoms with Crippen molar-refractivity contribution < 1.29 is 18.0 Å². The Bertz CT molecular complexity index is 399. The van der Waals surface area contributed by atoms with Crippen molar-refractivity contribution in [3.05, 3.63) is 34.9 Å². The van der Waals surface area contributed by atoms with Crippen LogP contribution in [0.3, 0.4) is 0 Å². The molecular formula is C11H10ClF3O. The van der Waals surface area contributed by atoms with E-state index in [-0.39, 0.29) is 29.2 Å². The Morgan fingerprint density at radius 3 is 2.50 bits per heavy atom. The lowest BCUT2D eigenvalue weighted by atomic mass is 9.98. The maximum Gasteiger partial charge on any atom is 0.416 e. The molecule has 5 heteroatoms. The van der Waals surface area contributed by atoms with Gasteiger partial charge in [-0.05, 0) is 18.6 Å². The lowest BCUT2D eigenvalue weighted by molar-refractivity contribution is -0.138. The molecule has 0 spiro atoms. The van der Waals surface area contributed by atoms with Crippen molar-refractivity contribution in [3.8, 4) is 0 Å². The largest absolute Gasteiger partial charge is 0.416 e. The van der Waals surface area contributed by atoms with Gasteiger partial charge in [0.1, 0.15) is 0 Å². The van der Waals surface area contributed by atoms with Gasteiger partial charge in [-0.25, -0.2) is 0 Å². The number of hydrogen-bond donors (Lipinski definition) is 0. The summed E-state index contributed by atoms with van der Waals surface area (Å²) in [4.78, 5) is 11.5. The van der Waals surface area contributed by atoms with Crippen molar-refractivity contribution in [2.45, 2.75) is 19.5 Å². The van der Waals surface area contributed by atoms with E-state index in [2.05, 4.69) is 0 Å². The number of rotatable bonds is 3. The van der Waals surface area contributed by atoms with E-state index in [4.69, 9.17) is 11.6 Å². The van der Waals surface area contributed by atoms with Crippen molar-refractivity contribution in [1.29, 1.82) is 0 Å². The van der Waals surface area contributed by atoms with Gasteiger partial charge in [0.25, 0.3) is 0 Å². The first-order valence-corrected chi connectivity index (χ1v) is 5.17. The van der Waals surface area contributed by atoms with Crippen LogP contribution in [0, 0.1) is 6.92 Å². The smallest absolute Gasteiger partial charge is 0.294 e. The number of Topliss-reactive ketones (excluding diaryl/α,β-unsaturated/α-hetero) is 1. The Balaban J connectivity index is 3.19. The summed E-state index contributed by atoms with van der Waals surface area (Å²) in [6, 6.07) is 3.59. The third-order valence-electron chi connectivity index (χ3n) is 2.26. The standard InChI is InChI=1S/C11H10ClF3O/c1-7-8(10(16)5-6-12)3-2-4-9(7)11(13,14)15/h2-4H,5-6H2,1H3. The SMILES string of the molecule is Cc1c(C(=O)CCCl)cccc1C(F)(F)F. The van der Waals surface area contributed by atoms with E-state index in [0.717, 1.165) is 6.07 Å². The predicted octanol–water partition coefficient (Wildman–Crippen LogP) is 3.83. The fourth-order valence-electron chi connectivity index (χ4n) is 1.47. The summed E-state index contributed by atoms with van der Waals surface area (Å²) in [6.45, 7) is 1.30. The molecule has 0 saturated carbocycles. The number of alkyl halides is 4. The Morgan fingerprint density at radius 1 is 1.38 bits per heavy atom. The molecule has 0 unspecified atom stereocenters. The van der Waals surface area contributed by atoms with Crippen molar-refractivity contribution in [2.24, 2.45) is 0 Å². The van der Waals surface area contributed by atoms with Crippen LogP contribution in [0.2, 0.25) is 0 Å². The second-order valence-electron chi connectivity index (χ2n) is 3.34. The lowest BCUT2D eigenvalue weighted by Gasteiger charge is -2.12. The van der Waals surface area contributed by atoms with Gasteiger partial charge in [-0.2, -0.15) is 13.2 Å². The third-order valence-corrected chi connectivity index (χ3v) is 2.45. The van der Waals surface area contributed by atoms with Crippen LogP contribution in [-0.4, -0.2) is 11.7 Å². The molecule has 16 heavy (non-hydrogen) atoms. The van der Waals surface area contributed by atoms with Crippen LogP contribution in [0.25, 0.3) is 0 Å². The molecule has 88 valence electrons. The second-order valence-corrected chi connectivity index (χ2v) is 3.72. The summed E-state index contributed by atoms with van der Waals surface area (Å²) in [5.74, 6) is -0.257. The number of ketones is 1. The predicted molar refractivity (Wildman–Crippen MR) is 55.8 cm³/mol. The molecule has 1 aromatic rings. The molecule has 0 heterocycles. The van der Waals surface area contributed by atoms with Crippen LogP contribution in [-0.2, 0) is 6.18 Å². The van der Waals surface area contributed by atoms with Crippen molar-refractivity contribution in [1.82, 2.24) is 0 Å². The molecule has 0 atom stereocenters. The zero-order valence-electron chi connectivity index (χ0n) is 8.57. The third kappa shape index (κ3) is 2.76. The zero-order valence-corrected chi connectivity index (χ0v) is 9.32. The first-order valence-electron chi connectivity index (χ1n) is 4.64. The van der Waals surface area contributed by atoms with Gasteiger partial charge >= 0.3 is 6.18 Å². The number of halogens is 4. The maximum absolute atomic E-state index is 12.5. The normalized spacial score (nSPS) is 11.6. The number of carbonyl (C=O) groups is 1. The minimum Gasteiger partial charge on any atom is -0.294 e. The van der Waals surface area contributed by atoms with E-state index in [1.54, 1.807) is 0 Å². The fraction of sp³-hybridized carbons (Fsp3) is 0.364. The molecule has 0 aliphatic rings. The van der Waals surface area contributed by atoms with E-state index in [9.17, 15) is 18.0 Å². The van der Waals surface area contributed by atoms with E-state index < -0.39 is 11.7 Å². The molecule has 0 bridgehead atoms. The first-order chi connectivity index (χ1) is 7.38. The molecule has 0 amide bonds. The lowest BCUT2D eigenvalue weighted by Crippen LogP contribution is -2.11. The van der Waals surface area contributed by atoms with Crippen LogP contribution in [0.4, 0.5) is 13.2 Å². The van der Waals surface area contributed by atoms with Crippen molar-refractivity contribution in [2.75, 3.05) is 5.88 Å². The minimum absolute atomic E-state index is 0.0369. The minimum atomic E-state index is -4.43. The van der Waals surface area contributed by atoms with Crippen molar-refractivity contribution in [3.63, 3.8) is 0 Å². The van der Waals surface area contributed by atoms with Crippen molar-refractivity contribution >= 4 is 17.4 Å². The van der Waals surface area contributed by atoms with E-state index in [0.29, 0.717) is 0 Å². The summed E-state index contributed by atoms with van der Waals surface area (Å²) in [5, 5.41) is 0. The molecule has 1 rings (SSSR count). The molecule has 0 aromatic heterocycles.